The third-order valence-corrected chi connectivity index (χ3v) is 5.70. The van der Waals surface area contributed by atoms with Crippen LogP contribution in [0.1, 0.15) is 10.4 Å². The van der Waals surface area contributed by atoms with Crippen LogP contribution in [0.3, 0.4) is 0 Å². The lowest BCUT2D eigenvalue weighted by atomic mass is 10.2. The lowest BCUT2D eigenvalue weighted by Crippen LogP contribution is -2.11. The van der Waals surface area contributed by atoms with Crippen molar-refractivity contribution in [3.63, 3.8) is 0 Å². The van der Waals surface area contributed by atoms with Crippen LogP contribution in [-0.4, -0.2) is 14.3 Å². The Labute approximate surface area is 143 Å². The van der Waals surface area contributed by atoms with Gasteiger partial charge in [-0.05, 0) is 47.8 Å². The van der Waals surface area contributed by atoms with Gasteiger partial charge in [-0.15, -0.1) is 11.3 Å². The Balaban J connectivity index is 1.69. The Bertz CT molecular complexity index is 918. The van der Waals surface area contributed by atoms with Gasteiger partial charge in [-0.1, -0.05) is 24.3 Å². The number of carbonyl (C=O) groups is 1. The summed E-state index contributed by atoms with van der Waals surface area (Å²) in [6, 6.07) is 18.1. The first-order valence-electron chi connectivity index (χ1n) is 6.99. The van der Waals surface area contributed by atoms with Crippen LogP contribution in [-0.2, 0) is 10.1 Å². The summed E-state index contributed by atoms with van der Waals surface area (Å²) in [5, 5.41) is 4.40. The minimum atomic E-state index is -3.82. The molecule has 5 nitrogen and oxygen atoms in total. The summed E-state index contributed by atoms with van der Waals surface area (Å²) in [4.78, 5) is 12.0. The zero-order valence-corrected chi connectivity index (χ0v) is 14.0. The van der Waals surface area contributed by atoms with E-state index in [-0.39, 0.29) is 15.9 Å². The summed E-state index contributed by atoms with van der Waals surface area (Å²) >= 11 is 1.09. The van der Waals surface area contributed by atoms with Gasteiger partial charge in [-0.25, -0.2) is 0 Å². The highest BCUT2D eigenvalue weighted by molar-refractivity contribution is 7.89. The van der Waals surface area contributed by atoms with E-state index in [1.165, 1.54) is 18.2 Å². The number of anilines is 1. The van der Waals surface area contributed by atoms with Crippen LogP contribution in [0.15, 0.2) is 76.3 Å². The van der Waals surface area contributed by atoms with Crippen molar-refractivity contribution in [1.29, 1.82) is 0 Å². The molecule has 0 radical (unpaired) electrons. The van der Waals surface area contributed by atoms with Crippen molar-refractivity contribution >= 4 is 33.0 Å². The van der Waals surface area contributed by atoms with Gasteiger partial charge in [0.05, 0.1) is 0 Å². The third-order valence-electron chi connectivity index (χ3n) is 3.10. The number of rotatable bonds is 5. The number of carbonyl (C=O) groups excluding carboxylic acids is 1. The predicted octanol–water partition coefficient (Wildman–Crippen LogP) is 3.77. The van der Waals surface area contributed by atoms with Crippen LogP contribution in [0.4, 0.5) is 5.69 Å². The van der Waals surface area contributed by atoms with Crippen LogP contribution in [0.25, 0.3) is 0 Å². The second-order valence-electron chi connectivity index (χ2n) is 4.81. The van der Waals surface area contributed by atoms with Gasteiger partial charge >= 0.3 is 10.1 Å². The van der Waals surface area contributed by atoms with Gasteiger partial charge in [0.2, 0.25) is 0 Å². The van der Waals surface area contributed by atoms with Crippen LogP contribution in [0.5, 0.6) is 5.75 Å². The molecular formula is C17H13NO4S2. The molecule has 1 heterocycles. The van der Waals surface area contributed by atoms with Crippen LogP contribution in [0, 0.1) is 0 Å². The zero-order chi connectivity index (χ0) is 17.0. The Hall–Kier alpha value is -2.64. The largest absolute Gasteiger partial charge is 0.378 e. The first-order chi connectivity index (χ1) is 11.5. The van der Waals surface area contributed by atoms with Crippen LogP contribution >= 0.6 is 11.3 Å². The van der Waals surface area contributed by atoms with Crippen molar-refractivity contribution in [2.24, 2.45) is 0 Å². The molecule has 0 bridgehead atoms. The number of amides is 1. The number of nitrogens with one attached hydrogen (secondary N) is 1. The fraction of sp³-hybridized carbons (Fsp3) is 0. The average Bonchev–Trinajstić information content (AvgIpc) is 3.13. The van der Waals surface area contributed by atoms with Crippen molar-refractivity contribution in [3.05, 3.63) is 77.7 Å². The smallest absolute Gasteiger partial charge is 0.348 e. The molecular weight excluding hydrogens is 346 g/mol. The average molecular weight is 359 g/mol. The Morgan fingerprint density at radius 3 is 2.25 bits per heavy atom. The summed E-state index contributed by atoms with van der Waals surface area (Å²) in [5.74, 6) is -0.0587. The van der Waals surface area contributed by atoms with Crippen molar-refractivity contribution < 1.29 is 17.4 Å². The van der Waals surface area contributed by atoms with E-state index in [9.17, 15) is 13.2 Å². The summed E-state index contributed by atoms with van der Waals surface area (Å²) < 4.78 is 29.3. The molecule has 0 saturated carbocycles. The highest BCUT2D eigenvalue weighted by Gasteiger charge is 2.17. The van der Waals surface area contributed by atoms with Gasteiger partial charge in [0, 0.05) is 11.3 Å². The van der Waals surface area contributed by atoms with Gasteiger partial charge in [0.25, 0.3) is 5.91 Å². The first-order valence-corrected chi connectivity index (χ1v) is 9.28. The SMILES string of the molecule is O=C(Nc1ccc(OS(=O)(=O)c2cccs2)cc1)c1ccccc1. The van der Waals surface area contributed by atoms with E-state index in [0.29, 0.717) is 11.3 Å². The number of benzene rings is 2. The summed E-state index contributed by atoms with van der Waals surface area (Å²) in [6.45, 7) is 0. The van der Waals surface area contributed by atoms with E-state index < -0.39 is 10.1 Å². The minimum Gasteiger partial charge on any atom is -0.378 e. The fourth-order valence-electron chi connectivity index (χ4n) is 1.96. The quantitative estimate of drug-likeness (QED) is 0.704. The van der Waals surface area contributed by atoms with Gasteiger partial charge in [0.15, 0.2) is 4.21 Å². The lowest BCUT2D eigenvalue weighted by Gasteiger charge is -2.08. The predicted molar refractivity (Wildman–Crippen MR) is 93.0 cm³/mol. The summed E-state index contributed by atoms with van der Waals surface area (Å²) in [6.07, 6.45) is 0. The zero-order valence-electron chi connectivity index (χ0n) is 12.4. The van der Waals surface area contributed by atoms with E-state index in [0.717, 1.165) is 11.3 Å². The van der Waals surface area contributed by atoms with E-state index >= 15 is 0 Å². The highest BCUT2D eigenvalue weighted by atomic mass is 32.3. The minimum absolute atomic E-state index is 0.143. The standard InChI is InChI=1S/C17H13NO4S2/c19-17(13-5-2-1-3-6-13)18-14-8-10-15(11-9-14)22-24(20,21)16-7-4-12-23-16/h1-12H,(H,18,19). The molecule has 0 aliphatic rings. The van der Waals surface area contributed by atoms with Crippen molar-refractivity contribution in [3.8, 4) is 5.75 Å². The molecule has 1 amide bonds. The molecule has 0 atom stereocenters. The molecule has 1 aromatic heterocycles. The molecule has 0 saturated heterocycles. The Kier molecular flexibility index (Phi) is 4.64. The highest BCUT2D eigenvalue weighted by Crippen LogP contribution is 2.23. The van der Waals surface area contributed by atoms with Gasteiger partial charge < -0.3 is 9.50 Å². The number of hydrogen-bond acceptors (Lipinski definition) is 5. The van der Waals surface area contributed by atoms with Crippen molar-refractivity contribution in [1.82, 2.24) is 0 Å². The summed E-state index contributed by atoms with van der Waals surface area (Å²) in [7, 11) is -3.82. The van der Waals surface area contributed by atoms with Crippen LogP contribution < -0.4 is 9.50 Å². The van der Waals surface area contributed by atoms with E-state index in [2.05, 4.69) is 5.32 Å². The molecule has 3 rings (SSSR count). The van der Waals surface area contributed by atoms with Crippen molar-refractivity contribution in [2.45, 2.75) is 4.21 Å². The monoisotopic (exact) mass is 359 g/mol. The normalized spacial score (nSPS) is 11.0. The van der Waals surface area contributed by atoms with Gasteiger partial charge in [-0.2, -0.15) is 8.42 Å². The maximum atomic E-state index is 12.0. The molecule has 1 N–H and O–H groups in total. The molecule has 0 fully saturated rings. The maximum Gasteiger partial charge on any atom is 0.348 e. The molecule has 0 aliphatic carbocycles. The molecule has 2 aromatic carbocycles. The molecule has 3 aromatic rings. The van der Waals surface area contributed by atoms with E-state index in [4.69, 9.17) is 4.18 Å². The van der Waals surface area contributed by atoms with E-state index in [1.807, 2.05) is 6.07 Å². The Morgan fingerprint density at radius 1 is 0.917 bits per heavy atom. The maximum absolute atomic E-state index is 12.0. The Morgan fingerprint density at radius 2 is 1.62 bits per heavy atom. The molecule has 0 spiro atoms. The topological polar surface area (TPSA) is 72.5 Å². The molecule has 0 unspecified atom stereocenters. The third kappa shape index (κ3) is 3.81. The lowest BCUT2D eigenvalue weighted by molar-refractivity contribution is 0.102. The first kappa shape index (κ1) is 16.2. The second-order valence-corrected chi connectivity index (χ2v) is 7.53. The van der Waals surface area contributed by atoms with Gasteiger partial charge in [0.1, 0.15) is 5.75 Å². The van der Waals surface area contributed by atoms with E-state index in [1.54, 1.807) is 47.8 Å². The summed E-state index contributed by atoms with van der Waals surface area (Å²) in [5.41, 5.74) is 1.09. The van der Waals surface area contributed by atoms with Crippen molar-refractivity contribution in [2.75, 3.05) is 5.32 Å². The number of hydrogen-bond donors (Lipinski definition) is 1. The molecule has 24 heavy (non-hydrogen) atoms. The number of thiophene rings is 1. The fourth-order valence-corrected chi connectivity index (χ4v) is 3.84. The molecule has 0 aliphatic heterocycles. The molecule has 122 valence electrons. The van der Waals surface area contributed by atoms with Gasteiger partial charge in [-0.3, -0.25) is 4.79 Å². The second kappa shape index (κ2) is 6.86. The van der Waals surface area contributed by atoms with Crippen LogP contribution in [0.2, 0.25) is 0 Å². The molecule has 7 heteroatoms.